The molecule has 0 saturated carbocycles. The lowest BCUT2D eigenvalue weighted by Gasteiger charge is -2.18. The second-order valence-corrected chi connectivity index (χ2v) is 8.98. The Bertz CT molecular complexity index is 1020. The number of nitrogens with zero attached hydrogens (tertiary/aromatic N) is 1. The molecule has 0 spiro atoms. The highest BCUT2D eigenvalue weighted by molar-refractivity contribution is 7.90. The van der Waals surface area contributed by atoms with Crippen molar-refractivity contribution in [1.29, 1.82) is 5.26 Å². The zero-order valence-corrected chi connectivity index (χ0v) is 17.0. The molecule has 0 radical (unpaired) electrons. The Morgan fingerprint density at radius 3 is 2.57 bits per heavy atom. The highest BCUT2D eigenvalue weighted by Gasteiger charge is 2.28. The Kier molecular flexibility index (Phi) is 8.25. The maximum absolute atomic E-state index is 12.7. The van der Waals surface area contributed by atoms with E-state index in [0.29, 0.717) is 0 Å². The van der Waals surface area contributed by atoms with Gasteiger partial charge >= 0.3 is 6.61 Å². The molecule has 2 N–H and O–H groups in total. The minimum absolute atomic E-state index is 0.0152. The molecule has 0 bridgehead atoms. The van der Waals surface area contributed by atoms with Gasteiger partial charge < -0.3 is 15.4 Å². The van der Waals surface area contributed by atoms with Gasteiger partial charge in [0, 0.05) is 5.56 Å². The molecule has 12 heteroatoms. The van der Waals surface area contributed by atoms with Crippen LogP contribution in [-0.4, -0.2) is 45.2 Å². The molecule has 0 fully saturated rings. The Morgan fingerprint density at radius 2 is 1.93 bits per heavy atom. The summed E-state index contributed by atoms with van der Waals surface area (Å²) < 4.78 is 54.7. The first-order chi connectivity index (χ1) is 14.2. The van der Waals surface area contributed by atoms with E-state index in [0.717, 1.165) is 11.3 Å². The number of benzene rings is 1. The number of nitrogens with one attached hydrogen (secondary N) is 2. The minimum Gasteiger partial charge on any atom is -0.435 e. The van der Waals surface area contributed by atoms with Crippen LogP contribution >= 0.6 is 11.3 Å². The first-order valence-corrected chi connectivity index (χ1v) is 11.1. The molecular weight excluding hydrogens is 440 g/mol. The second kappa shape index (κ2) is 10.7. The van der Waals surface area contributed by atoms with Crippen LogP contribution in [0.1, 0.15) is 15.2 Å². The molecule has 30 heavy (non-hydrogen) atoms. The highest BCUT2D eigenvalue weighted by Crippen LogP contribution is 2.23. The van der Waals surface area contributed by atoms with E-state index < -0.39 is 45.8 Å². The quantitative estimate of drug-likeness (QED) is 0.523. The number of hydrogen-bond acceptors (Lipinski definition) is 7. The smallest absolute Gasteiger partial charge is 0.387 e. The van der Waals surface area contributed by atoms with Crippen LogP contribution in [0.15, 0.2) is 41.8 Å². The summed E-state index contributed by atoms with van der Waals surface area (Å²) >= 11 is 1.10. The van der Waals surface area contributed by atoms with Crippen molar-refractivity contribution >= 4 is 33.0 Å². The van der Waals surface area contributed by atoms with Gasteiger partial charge in [0.2, 0.25) is 5.91 Å². The molecule has 0 aliphatic carbocycles. The number of carbonyl (C=O) groups is 2. The summed E-state index contributed by atoms with van der Waals surface area (Å²) in [5.41, 5.74) is -0.0152. The fraction of sp³-hybridized carbons (Fsp3) is 0.278. The molecule has 1 aromatic heterocycles. The first kappa shape index (κ1) is 23.2. The Balaban J connectivity index is 2.19. The van der Waals surface area contributed by atoms with Gasteiger partial charge in [-0.05, 0) is 17.5 Å². The molecule has 0 aliphatic rings. The Morgan fingerprint density at radius 1 is 1.20 bits per heavy atom. The van der Waals surface area contributed by atoms with E-state index in [2.05, 4.69) is 15.4 Å². The third kappa shape index (κ3) is 7.09. The van der Waals surface area contributed by atoms with Crippen molar-refractivity contribution in [3.05, 3.63) is 52.2 Å². The average molecular weight is 457 g/mol. The summed E-state index contributed by atoms with van der Waals surface area (Å²) in [5.74, 6) is -3.30. The fourth-order valence-electron chi connectivity index (χ4n) is 2.45. The van der Waals surface area contributed by atoms with Crippen molar-refractivity contribution in [2.24, 2.45) is 0 Å². The largest absolute Gasteiger partial charge is 0.435 e. The Labute approximate surface area is 175 Å². The van der Waals surface area contributed by atoms with Crippen molar-refractivity contribution in [1.82, 2.24) is 10.6 Å². The topological polar surface area (TPSA) is 125 Å². The predicted octanol–water partition coefficient (Wildman–Crippen LogP) is 1.70. The molecular formula is C18H17F2N3O5S2. The fourth-order valence-corrected chi connectivity index (χ4v) is 4.65. The summed E-state index contributed by atoms with van der Waals surface area (Å²) in [6, 6.07) is 8.68. The number of thiophene rings is 1. The number of carbonyl (C=O) groups excluding carboxylic acids is 2. The molecule has 160 valence electrons. The van der Waals surface area contributed by atoms with E-state index in [9.17, 15) is 26.8 Å². The predicted molar refractivity (Wildman–Crippen MR) is 105 cm³/mol. The zero-order chi connectivity index (χ0) is 22.1. The van der Waals surface area contributed by atoms with Gasteiger partial charge in [-0.3, -0.25) is 9.59 Å². The van der Waals surface area contributed by atoms with E-state index in [1.807, 2.05) is 0 Å². The van der Waals surface area contributed by atoms with Crippen LogP contribution in [-0.2, 0) is 20.4 Å². The van der Waals surface area contributed by atoms with Crippen LogP contribution < -0.4 is 15.4 Å². The molecule has 0 aliphatic heterocycles. The average Bonchev–Trinajstić information content (AvgIpc) is 3.21. The number of alkyl halides is 2. The normalized spacial score (nSPS) is 12.1. The number of nitriles is 1. The summed E-state index contributed by atoms with van der Waals surface area (Å²) in [7, 11) is -4.06. The molecule has 2 rings (SSSR count). The number of para-hydroxylation sites is 1. The molecule has 0 saturated heterocycles. The van der Waals surface area contributed by atoms with Crippen LogP contribution in [0.25, 0.3) is 0 Å². The molecule has 1 heterocycles. The standard InChI is InChI=1S/C18H17F2N3O5S2/c19-18(20)28-14-5-2-1-4-12(14)10-30(26,27)11-13(16(24)22-8-7-21)23-17(25)15-6-3-9-29-15/h1-6,9,13,18H,8,10-11H2,(H,22,24)(H,23,25). The minimum atomic E-state index is -4.06. The summed E-state index contributed by atoms with van der Waals surface area (Å²) in [4.78, 5) is 24.8. The number of ether oxygens (including phenoxy) is 1. The number of hydrogen-bond donors (Lipinski definition) is 2. The van der Waals surface area contributed by atoms with E-state index >= 15 is 0 Å². The maximum atomic E-state index is 12.7. The summed E-state index contributed by atoms with van der Waals surface area (Å²) in [6.07, 6.45) is 0. The van der Waals surface area contributed by atoms with Crippen molar-refractivity contribution in [3.8, 4) is 11.8 Å². The van der Waals surface area contributed by atoms with Crippen LogP contribution in [0.4, 0.5) is 8.78 Å². The third-order valence-electron chi connectivity index (χ3n) is 3.69. The van der Waals surface area contributed by atoms with Gasteiger partial charge in [0.1, 0.15) is 18.3 Å². The van der Waals surface area contributed by atoms with E-state index in [1.54, 1.807) is 17.5 Å². The monoisotopic (exact) mass is 457 g/mol. The van der Waals surface area contributed by atoms with Gasteiger partial charge in [-0.15, -0.1) is 11.3 Å². The SMILES string of the molecule is N#CCNC(=O)C(CS(=O)(=O)Cc1ccccc1OC(F)F)NC(=O)c1cccs1. The molecule has 2 amide bonds. The van der Waals surface area contributed by atoms with Crippen molar-refractivity contribution in [3.63, 3.8) is 0 Å². The van der Waals surface area contributed by atoms with Gasteiger partial charge in [-0.25, -0.2) is 8.42 Å². The highest BCUT2D eigenvalue weighted by atomic mass is 32.2. The lowest BCUT2D eigenvalue weighted by atomic mass is 10.2. The summed E-state index contributed by atoms with van der Waals surface area (Å²) in [6.45, 7) is -3.52. The molecule has 2 aromatic rings. The Hall–Kier alpha value is -3.04. The maximum Gasteiger partial charge on any atom is 0.387 e. The van der Waals surface area contributed by atoms with Crippen LogP contribution in [0.3, 0.4) is 0 Å². The van der Waals surface area contributed by atoms with E-state index in [-0.39, 0.29) is 22.7 Å². The van der Waals surface area contributed by atoms with E-state index in [1.165, 1.54) is 30.3 Å². The molecule has 1 unspecified atom stereocenters. The lowest BCUT2D eigenvalue weighted by molar-refractivity contribution is -0.122. The summed E-state index contributed by atoms with van der Waals surface area (Å²) in [5, 5.41) is 14.8. The lowest BCUT2D eigenvalue weighted by Crippen LogP contribution is -2.50. The van der Waals surface area contributed by atoms with Gasteiger partial charge in [0.15, 0.2) is 9.84 Å². The van der Waals surface area contributed by atoms with Gasteiger partial charge in [-0.2, -0.15) is 14.0 Å². The van der Waals surface area contributed by atoms with Crippen LogP contribution in [0, 0.1) is 11.3 Å². The first-order valence-electron chi connectivity index (χ1n) is 8.44. The number of rotatable bonds is 10. The van der Waals surface area contributed by atoms with Crippen molar-refractivity contribution in [2.75, 3.05) is 12.3 Å². The molecule has 8 nitrogen and oxygen atoms in total. The van der Waals surface area contributed by atoms with Crippen molar-refractivity contribution < 1.29 is 31.5 Å². The number of amides is 2. The zero-order valence-electron chi connectivity index (χ0n) is 15.4. The van der Waals surface area contributed by atoms with Gasteiger partial charge in [0.25, 0.3) is 5.91 Å². The number of halogens is 2. The van der Waals surface area contributed by atoms with Crippen molar-refractivity contribution in [2.45, 2.75) is 18.4 Å². The van der Waals surface area contributed by atoms with E-state index in [4.69, 9.17) is 5.26 Å². The second-order valence-electron chi connectivity index (χ2n) is 5.92. The number of sulfone groups is 1. The van der Waals surface area contributed by atoms with Gasteiger partial charge in [-0.1, -0.05) is 24.3 Å². The molecule has 1 aromatic carbocycles. The van der Waals surface area contributed by atoms with Crippen LogP contribution in [0.5, 0.6) is 5.75 Å². The van der Waals surface area contributed by atoms with Crippen LogP contribution in [0.2, 0.25) is 0 Å². The molecule has 1 atom stereocenters. The van der Waals surface area contributed by atoms with Gasteiger partial charge in [0.05, 0.1) is 22.5 Å². The third-order valence-corrected chi connectivity index (χ3v) is 6.15.